The molecular formula is C25H27F4N5O7. The zero-order chi connectivity index (χ0) is 30.0. The zero-order valence-electron chi connectivity index (χ0n) is 21.6. The third-order valence-corrected chi connectivity index (χ3v) is 5.82. The van der Waals surface area contributed by atoms with Gasteiger partial charge in [-0.3, -0.25) is 19.2 Å². The lowest BCUT2D eigenvalue weighted by Crippen LogP contribution is -2.59. The first-order valence-corrected chi connectivity index (χ1v) is 12.2. The number of amides is 3. The lowest BCUT2D eigenvalue weighted by Gasteiger charge is -2.25. The number of halogens is 4. The molecule has 222 valence electrons. The predicted molar refractivity (Wildman–Crippen MR) is 131 cm³/mol. The van der Waals surface area contributed by atoms with E-state index in [0.29, 0.717) is 5.56 Å². The number of alkyl halides is 4. The van der Waals surface area contributed by atoms with Crippen molar-refractivity contribution < 1.29 is 51.0 Å². The Morgan fingerprint density at radius 2 is 1.37 bits per heavy atom. The second-order valence-electron chi connectivity index (χ2n) is 8.98. The van der Waals surface area contributed by atoms with E-state index in [1.54, 1.807) is 30.3 Å². The van der Waals surface area contributed by atoms with Gasteiger partial charge in [-0.1, -0.05) is 30.3 Å². The summed E-state index contributed by atoms with van der Waals surface area (Å²) in [6, 6.07) is 5.12. The van der Waals surface area contributed by atoms with Crippen molar-refractivity contribution in [2.75, 3.05) is 19.8 Å². The van der Waals surface area contributed by atoms with Crippen LogP contribution in [0.2, 0.25) is 0 Å². The topological polar surface area (TPSA) is 161 Å². The van der Waals surface area contributed by atoms with Crippen LogP contribution in [-0.2, 0) is 35.0 Å². The second-order valence-corrected chi connectivity index (χ2v) is 8.98. The lowest BCUT2D eigenvalue weighted by atomic mass is 9.94. The molecular weight excluding hydrogens is 558 g/mol. The van der Waals surface area contributed by atoms with Crippen molar-refractivity contribution >= 4 is 23.5 Å². The molecule has 12 nitrogen and oxygen atoms in total. The number of ether oxygens (including phenoxy) is 3. The molecule has 1 aromatic heterocycles. The van der Waals surface area contributed by atoms with Crippen LogP contribution in [0.1, 0.15) is 23.1 Å². The average molecular weight is 586 g/mol. The van der Waals surface area contributed by atoms with E-state index in [1.165, 1.54) is 25.4 Å². The maximum atomic E-state index is 13.2. The molecule has 16 heteroatoms. The molecule has 3 amide bonds. The first-order valence-electron chi connectivity index (χ1n) is 12.2. The summed E-state index contributed by atoms with van der Waals surface area (Å²) in [5.74, 6) is -4.29. The van der Waals surface area contributed by atoms with Gasteiger partial charge in [0.2, 0.25) is 17.6 Å². The van der Waals surface area contributed by atoms with Gasteiger partial charge in [0, 0.05) is 12.4 Å². The van der Waals surface area contributed by atoms with Gasteiger partial charge < -0.3 is 30.2 Å². The molecule has 4 atom stereocenters. The largest absolute Gasteiger partial charge is 0.361 e. The van der Waals surface area contributed by atoms with Crippen molar-refractivity contribution in [2.24, 2.45) is 0 Å². The number of epoxide rings is 1. The van der Waals surface area contributed by atoms with E-state index in [9.17, 15) is 36.7 Å². The smallest absolute Gasteiger partial charge is 0.345 e. The highest BCUT2D eigenvalue weighted by molar-refractivity contribution is 5.99. The number of hydrogen-bond acceptors (Lipinski definition) is 9. The Labute approximate surface area is 231 Å². The number of nitrogens with zero attached hydrogens (tertiary/aromatic N) is 2. The van der Waals surface area contributed by atoms with Crippen LogP contribution in [-0.4, -0.2) is 90.2 Å². The number of hydrogen-bond donors (Lipinski definition) is 3. The summed E-state index contributed by atoms with van der Waals surface area (Å²) >= 11 is 0. The predicted octanol–water partition coefficient (Wildman–Crippen LogP) is 0.624. The molecule has 1 aliphatic rings. The fourth-order valence-electron chi connectivity index (χ4n) is 3.57. The van der Waals surface area contributed by atoms with Gasteiger partial charge in [0.15, 0.2) is 5.78 Å². The van der Waals surface area contributed by atoms with Crippen molar-refractivity contribution in [3.8, 4) is 0 Å². The summed E-state index contributed by atoms with van der Waals surface area (Å²) in [5, 5.41) is 6.60. The van der Waals surface area contributed by atoms with Gasteiger partial charge >= 0.3 is 13.2 Å². The molecule has 3 rings (SSSR count). The van der Waals surface area contributed by atoms with Crippen LogP contribution >= 0.6 is 0 Å². The van der Waals surface area contributed by atoms with Gasteiger partial charge in [-0.2, -0.15) is 17.6 Å². The van der Waals surface area contributed by atoms with Gasteiger partial charge in [-0.05, 0) is 25.0 Å². The molecule has 0 bridgehead atoms. The van der Waals surface area contributed by atoms with Gasteiger partial charge in [0.1, 0.15) is 17.7 Å². The quantitative estimate of drug-likeness (QED) is 0.190. The third kappa shape index (κ3) is 9.84. The summed E-state index contributed by atoms with van der Waals surface area (Å²) in [6.07, 6.45) is 2.45. The minimum absolute atomic E-state index is 0.0126. The molecule has 0 spiro atoms. The van der Waals surface area contributed by atoms with Crippen LogP contribution in [0.3, 0.4) is 0 Å². The normalized spacial score (nSPS) is 18.3. The Morgan fingerprint density at radius 3 is 1.88 bits per heavy atom. The monoisotopic (exact) mass is 585 g/mol. The highest BCUT2D eigenvalue weighted by atomic mass is 19.3. The zero-order valence-corrected chi connectivity index (χ0v) is 21.6. The summed E-state index contributed by atoms with van der Waals surface area (Å²) in [4.78, 5) is 59.0. The van der Waals surface area contributed by atoms with Crippen molar-refractivity contribution in [2.45, 2.75) is 50.3 Å². The van der Waals surface area contributed by atoms with E-state index in [-0.39, 0.29) is 13.0 Å². The number of carbonyl (C=O) groups is 4. The molecule has 0 radical (unpaired) electrons. The third-order valence-electron chi connectivity index (χ3n) is 5.82. The average Bonchev–Trinajstić information content (AvgIpc) is 3.71. The molecule has 0 saturated carbocycles. The van der Waals surface area contributed by atoms with Crippen LogP contribution in [0.15, 0.2) is 48.8 Å². The number of Topliss-reactive ketones (excluding diaryl/α,β-unsaturated/α-hetero) is 1. The van der Waals surface area contributed by atoms with Gasteiger partial charge in [0.05, 0.1) is 25.9 Å². The first-order chi connectivity index (χ1) is 19.5. The van der Waals surface area contributed by atoms with E-state index in [1.807, 2.05) is 0 Å². The summed E-state index contributed by atoms with van der Waals surface area (Å²) in [5.41, 5.74) is -0.498. The molecule has 1 fully saturated rings. The Bertz CT molecular complexity index is 1190. The van der Waals surface area contributed by atoms with Crippen LogP contribution in [0, 0.1) is 0 Å². The number of aromatic nitrogens is 2. The summed E-state index contributed by atoms with van der Waals surface area (Å²) < 4.78 is 64.7. The van der Waals surface area contributed by atoms with E-state index < -0.39 is 79.5 Å². The first kappa shape index (κ1) is 31.5. The van der Waals surface area contributed by atoms with Crippen molar-refractivity contribution in [1.82, 2.24) is 25.9 Å². The summed E-state index contributed by atoms with van der Waals surface area (Å²) in [7, 11) is 0. The van der Waals surface area contributed by atoms with Crippen LogP contribution < -0.4 is 16.0 Å². The number of ketones is 1. The number of carbonyl (C=O) groups excluding carboxylic acids is 4. The highest BCUT2D eigenvalue weighted by Gasteiger charge is 2.50. The molecule has 0 unspecified atom stereocenters. The molecule has 1 aromatic carbocycles. The second kappa shape index (κ2) is 14.6. The standard InChI is InChI=1S/C25H27F4N5O7/c1-25(13-41-25)18(35)15(10-14-6-3-2-4-7-14)32-20(36)16(11-39-23(26)27)33-21(37)17(12-40-24(28)29)34-22(38)19-30-8-5-9-31-19/h2-9,15-17,23-24H,10-13H2,1H3,(H,32,36)(H,33,37)(H,34,38)/t15-,16-,17-,25-/m0/s1. The molecule has 41 heavy (non-hydrogen) atoms. The van der Waals surface area contributed by atoms with Crippen LogP contribution in [0.5, 0.6) is 0 Å². The molecule has 2 aromatic rings. The van der Waals surface area contributed by atoms with Crippen molar-refractivity contribution in [1.29, 1.82) is 0 Å². The van der Waals surface area contributed by atoms with Crippen LogP contribution in [0.4, 0.5) is 17.6 Å². The Kier molecular flexibility index (Phi) is 11.2. The van der Waals surface area contributed by atoms with E-state index in [2.05, 4.69) is 35.4 Å². The van der Waals surface area contributed by atoms with E-state index >= 15 is 0 Å². The Hall–Kier alpha value is -4.02. The fraction of sp³-hybridized carbons (Fsp3) is 0.440. The maximum absolute atomic E-state index is 13.2. The molecule has 3 N–H and O–H groups in total. The van der Waals surface area contributed by atoms with Crippen molar-refractivity contribution in [3.63, 3.8) is 0 Å². The SMILES string of the molecule is C[C@@]1(C(=O)[C@H](Cc2ccccc2)NC(=O)[C@H](COC(F)F)NC(=O)[C@H](COC(F)F)NC(=O)c2ncccn2)CO1. The highest BCUT2D eigenvalue weighted by Crippen LogP contribution is 2.29. The van der Waals surface area contributed by atoms with Gasteiger partial charge in [-0.25, -0.2) is 9.97 Å². The lowest BCUT2D eigenvalue weighted by molar-refractivity contribution is -0.152. The Balaban J connectivity index is 1.77. The van der Waals surface area contributed by atoms with Gasteiger partial charge in [0.25, 0.3) is 5.91 Å². The maximum Gasteiger partial charge on any atom is 0.345 e. The molecule has 2 heterocycles. The van der Waals surface area contributed by atoms with Gasteiger partial charge in [-0.15, -0.1) is 0 Å². The number of benzene rings is 1. The minimum Gasteiger partial charge on any atom is -0.361 e. The molecule has 0 aliphatic carbocycles. The van der Waals surface area contributed by atoms with E-state index in [4.69, 9.17) is 4.74 Å². The van der Waals surface area contributed by atoms with Crippen molar-refractivity contribution in [3.05, 3.63) is 60.2 Å². The minimum atomic E-state index is -3.34. The molecule has 1 saturated heterocycles. The Morgan fingerprint density at radius 1 is 0.854 bits per heavy atom. The fourth-order valence-corrected chi connectivity index (χ4v) is 3.57. The van der Waals surface area contributed by atoms with E-state index in [0.717, 1.165) is 0 Å². The number of nitrogens with one attached hydrogen (secondary N) is 3. The van der Waals surface area contributed by atoms with Crippen LogP contribution in [0.25, 0.3) is 0 Å². The summed E-state index contributed by atoms with van der Waals surface area (Å²) in [6.45, 7) is -7.16. The number of rotatable bonds is 16. The molecule has 1 aliphatic heterocycles.